The van der Waals surface area contributed by atoms with Crippen molar-refractivity contribution < 1.29 is 10.0 Å². The average molecular weight is 299 g/mol. The van der Waals surface area contributed by atoms with E-state index in [4.69, 9.17) is 0 Å². The predicted octanol–water partition coefficient (Wildman–Crippen LogP) is 2.07. The summed E-state index contributed by atoms with van der Waals surface area (Å²) in [6.45, 7) is 6.54. The van der Waals surface area contributed by atoms with Crippen LogP contribution in [0.2, 0.25) is 0 Å². The Morgan fingerprint density at radius 2 is 2.10 bits per heavy atom. The van der Waals surface area contributed by atoms with E-state index in [1.807, 2.05) is 14.0 Å². The molecule has 0 radical (unpaired) electrons. The lowest BCUT2D eigenvalue weighted by Crippen LogP contribution is -2.32. The molecule has 6 nitrogen and oxygen atoms in total. The topological polar surface area (TPSA) is 69.8 Å². The summed E-state index contributed by atoms with van der Waals surface area (Å²) in [6.07, 6.45) is 6.28. The van der Waals surface area contributed by atoms with Crippen LogP contribution in [0.3, 0.4) is 0 Å². The molecule has 6 heteroatoms. The fourth-order valence-corrected chi connectivity index (χ4v) is 2.76. The van der Waals surface area contributed by atoms with Crippen molar-refractivity contribution in [2.24, 2.45) is 0 Å². The van der Waals surface area contributed by atoms with Gasteiger partial charge in [0, 0.05) is 19.3 Å². The molecule has 1 aliphatic heterocycles. The standard InChI is InChI=1S/C15H29N3O3/c1-3-14(8-9-15(19)18(20)21)16(2)10-7-13-17-11-5-4-6-12-17/h8,15,19H,3-7,9-13H2,1-2H3/b14-8+. The van der Waals surface area contributed by atoms with Crippen LogP contribution in [0.1, 0.15) is 45.4 Å². The lowest BCUT2D eigenvalue weighted by molar-refractivity contribution is -0.569. The minimum atomic E-state index is -1.49. The number of likely N-dealkylation sites (tertiary alicyclic amines) is 1. The summed E-state index contributed by atoms with van der Waals surface area (Å²) >= 11 is 0. The molecule has 0 aromatic carbocycles. The minimum Gasteiger partial charge on any atom is -0.378 e. The highest BCUT2D eigenvalue weighted by Crippen LogP contribution is 2.12. The maximum atomic E-state index is 10.4. The predicted molar refractivity (Wildman–Crippen MR) is 83.5 cm³/mol. The van der Waals surface area contributed by atoms with Crippen molar-refractivity contribution in [2.45, 2.75) is 51.7 Å². The molecule has 1 N–H and O–H groups in total. The van der Waals surface area contributed by atoms with Crippen molar-refractivity contribution in [3.05, 3.63) is 21.9 Å². The number of aliphatic hydroxyl groups is 1. The van der Waals surface area contributed by atoms with Gasteiger partial charge in [0.15, 0.2) is 0 Å². The average Bonchev–Trinajstić information content (AvgIpc) is 2.48. The van der Waals surface area contributed by atoms with Crippen LogP contribution in [0.4, 0.5) is 0 Å². The van der Waals surface area contributed by atoms with Gasteiger partial charge in [-0.05, 0) is 45.3 Å². The highest BCUT2D eigenvalue weighted by atomic mass is 16.7. The largest absolute Gasteiger partial charge is 0.378 e. The molecule has 122 valence electrons. The summed E-state index contributed by atoms with van der Waals surface area (Å²) < 4.78 is 0. The third-order valence-electron chi connectivity index (χ3n) is 4.08. The van der Waals surface area contributed by atoms with Crippen molar-refractivity contribution in [3.63, 3.8) is 0 Å². The van der Waals surface area contributed by atoms with Gasteiger partial charge in [-0.25, -0.2) is 0 Å². The number of aliphatic hydroxyl groups excluding tert-OH is 1. The molecule has 0 aromatic rings. The maximum Gasteiger partial charge on any atom is 0.316 e. The summed E-state index contributed by atoms with van der Waals surface area (Å²) in [5.41, 5.74) is 1.06. The Labute approximate surface area is 127 Å². The number of nitrogens with zero attached hydrogens (tertiary/aromatic N) is 3. The van der Waals surface area contributed by atoms with E-state index in [1.165, 1.54) is 32.4 Å². The summed E-state index contributed by atoms with van der Waals surface area (Å²) in [7, 11) is 2.02. The van der Waals surface area contributed by atoms with Gasteiger partial charge in [-0.15, -0.1) is 0 Å². The second-order valence-electron chi connectivity index (χ2n) is 5.73. The molecule has 1 fully saturated rings. The number of hydrogen-bond donors (Lipinski definition) is 1. The van der Waals surface area contributed by atoms with E-state index in [-0.39, 0.29) is 6.42 Å². The van der Waals surface area contributed by atoms with Gasteiger partial charge in [-0.3, -0.25) is 10.1 Å². The summed E-state index contributed by atoms with van der Waals surface area (Å²) in [5, 5.41) is 19.7. The first-order valence-electron chi connectivity index (χ1n) is 7.98. The van der Waals surface area contributed by atoms with E-state index in [9.17, 15) is 15.2 Å². The maximum absolute atomic E-state index is 10.4. The molecular formula is C15H29N3O3. The smallest absolute Gasteiger partial charge is 0.316 e. The molecular weight excluding hydrogens is 270 g/mol. The summed E-state index contributed by atoms with van der Waals surface area (Å²) in [6, 6.07) is 0. The first-order chi connectivity index (χ1) is 10.0. The van der Waals surface area contributed by atoms with Crippen molar-refractivity contribution in [1.29, 1.82) is 0 Å². The number of piperidine rings is 1. The van der Waals surface area contributed by atoms with Gasteiger partial charge in [0.05, 0.1) is 11.3 Å². The van der Waals surface area contributed by atoms with E-state index in [2.05, 4.69) is 9.80 Å². The van der Waals surface area contributed by atoms with Gasteiger partial charge in [-0.2, -0.15) is 0 Å². The molecule has 0 aliphatic carbocycles. The van der Waals surface area contributed by atoms with Crippen LogP contribution in [-0.4, -0.2) is 59.3 Å². The SMILES string of the molecule is CC/C(=C\CC(O)[N+](=O)[O-])N(C)CCCN1CCCCC1. The van der Waals surface area contributed by atoms with Crippen molar-refractivity contribution in [1.82, 2.24) is 9.80 Å². The third kappa shape index (κ3) is 6.91. The molecule has 1 unspecified atom stereocenters. The van der Waals surface area contributed by atoms with Crippen LogP contribution in [-0.2, 0) is 0 Å². The lowest BCUT2D eigenvalue weighted by Gasteiger charge is -2.28. The van der Waals surface area contributed by atoms with Crippen LogP contribution in [0.5, 0.6) is 0 Å². The van der Waals surface area contributed by atoms with E-state index in [0.717, 1.165) is 31.6 Å². The number of rotatable bonds is 9. The monoisotopic (exact) mass is 299 g/mol. The molecule has 1 saturated heterocycles. The lowest BCUT2D eigenvalue weighted by atomic mass is 10.1. The number of allylic oxidation sites excluding steroid dienone is 1. The minimum absolute atomic E-state index is 0.0760. The molecule has 1 aliphatic rings. The van der Waals surface area contributed by atoms with Crippen molar-refractivity contribution >= 4 is 0 Å². The van der Waals surface area contributed by atoms with E-state index >= 15 is 0 Å². The normalized spacial score (nSPS) is 18.5. The quantitative estimate of drug-likeness (QED) is 0.401. The van der Waals surface area contributed by atoms with E-state index in [0.29, 0.717) is 0 Å². The molecule has 0 bridgehead atoms. The Hall–Kier alpha value is -1.14. The fourth-order valence-electron chi connectivity index (χ4n) is 2.76. The van der Waals surface area contributed by atoms with Crippen molar-refractivity contribution in [3.8, 4) is 0 Å². The molecule has 1 rings (SSSR count). The first-order valence-corrected chi connectivity index (χ1v) is 7.98. The zero-order valence-electron chi connectivity index (χ0n) is 13.3. The van der Waals surface area contributed by atoms with Gasteiger partial charge in [-0.1, -0.05) is 19.4 Å². The second-order valence-corrected chi connectivity index (χ2v) is 5.73. The Morgan fingerprint density at radius 1 is 1.43 bits per heavy atom. The first kappa shape index (κ1) is 17.9. The highest BCUT2D eigenvalue weighted by molar-refractivity contribution is 4.99. The van der Waals surface area contributed by atoms with Gasteiger partial charge < -0.3 is 14.9 Å². The third-order valence-corrected chi connectivity index (χ3v) is 4.08. The summed E-state index contributed by atoms with van der Waals surface area (Å²) in [4.78, 5) is 14.4. The molecule has 0 spiro atoms. The second kappa shape index (κ2) is 9.73. The van der Waals surface area contributed by atoms with Gasteiger partial charge in [0.1, 0.15) is 0 Å². The van der Waals surface area contributed by atoms with Crippen LogP contribution in [0.15, 0.2) is 11.8 Å². The Kier molecular flexibility index (Phi) is 8.30. The van der Waals surface area contributed by atoms with Crippen LogP contribution < -0.4 is 0 Å². The molecule has 1 atom stereocenters. The zero-order chi connectivity index (χ0) is 15.7. The van der Waals surface area contributed by atoms with E-state index < -0.39 is 11.2 Å². The van der Waals surface area contributed by atoms with Crippen LogP contribution in [0, 0.1) is 10.1 Å². The Bertz CT molecular complexity index is 341. The van der Waals surface area contributed by atoms with Crippen LogP contribution >= 0.6 is 0 Å². The van der Waals surface area contributed by atoms with Crippen molar-refractivity contribution in [2.75, 3.05) is 33.2 Å². The van der Waals surface area contributed by atoms with E-state index in [1.54, 1.807) is 6.08 Å². The molecule has 0 aromatic heterocycles. The Balaban J connectivity index is 2.31. The number of nitro groups is 1. The Morgan fingerprint density at radius 3 is 2.67 bits per heavy atom. The van der Waals surface area contributed by atoms with Gasteiger partial charge in [0.25, 0.3) is 0 Å². The molecule has 21 heavy (non-hydrogen) atoms. The highest BCUT2D eigenvalue weighted by Gasteiger charge is 2.14. The zero-order valence-corrected chi connectivity index (χ0v) is 13.3. The van der Waals surface area contributed by atoms with Gasteiger partial charge >= 0.3 is 6.23 Å². The van der Waals surface area contributed by atoms with Crippen LogP contribution in [0.25, 0.3) is 0 Å². The molecule has 0 saturated carbocycles. The molecule has 1 heterocycles. The van der Waals surface area contributed by atoms with Gasteiger partial charge in [0.2, 0.25) is 0 Å². The number of hydrogen-bond acceptors (Lipinski definition) is 5. The fraction of sp³-hybridized carbons (Fsp3) is 0.867. The molecule has 0 amide bonds. The summed E-state index contributed by atoms with van der Waals surface area (Å²) in [5.74, 6) is 0.